The zero-order valence-corrected chi connectivity index (χ0v) is 14.2. The number of nitrogens with zero attached hydrogens (tertiary/aromatic N) is 1. The fraction of sp³-hybridized carbons (Fsp3) is 0.316. The van der Waals surface area contributed by atoms with Crippen LogP contribution in [-0.4, -0.2) is 43.2 Å². The molecule has 1 fully saturated rings. The Labute approximate surface area is 146 Å². The lowest BCUT2D eigenvalue weighted by Crippen LogP contribution is -3.19. The van der Waals surface area contributed by atoms with Gasteiger partial charge in [0.05, 0.1) is 26.2 Å². The summed E-state index contributed by atoms with van der Waals surface area (Å²) in [6.07, 6.45) is 0. The molecule has 1 aliphatic heterocycles. The van der Waals surface area contributed by atoms with Gasteiger partial charge in [0, 0.05) is 11.4 Å². The third-order valence-electron chi connectivity index (χ3n) is 4.74. The Balaban J connectivity index is 1.53. The molecule has 3 rings (SSSR count). The van der Waals surface area contributed by atoms with Gasteiger partial charge in [-0.05, 0) is 55.5 Å². The maximum Gasteiger partial charge on any atom is 0.282 e. The van der Waals surface area contributed by atoms with E-state index in [4.69, 9.17) is 0 Å². The van der Waals surface area contributed by atoms with Crippen molar-refractivity contribution in [1.29, 1.82) is 0 Å². The molecule has 1 atom stereocenters. The largest absolute Gasteiger partial charge is 0.508 e. The smallest absolute Gasteiger partial charge is 0.282 e. The van der Waals surface area contributed by atoms with Crippen molar-refractivity contribution >= 4 is 17.3 Å². The van der Waals surface area contributed by atoms with Gasteiger partial charge in [0.1, 0.15) is 11.6 Å². The zero-order valence-electron chi connectivity index (χ0n) is 14.2. The highest BCUT2D eigenvalue weighted by atomic mass is 19.1. The second kappa shape index (κ2) is 7.53. The van der Waals surface area contributed by atoms with Crippen molar-refractivity contribution in [2.75, 3.05) is 36.4 Å². The van der Waals surface area contributed by atoms with Crippen LogP contribution in [0, 0.1) is 5.82 Å². The summed E-state index contributed by atoms with van der Waals surface area (Å²) in [5.74, 6) is -0.110. The number of nitrogens with one attached hydrogen (secondary N) is 2. The summed E-state index contributed by atoms with van der Waals surface area (Å²) in [4.78, 5) is 15.9. The van der Waals surface area contributed by atoms with Crippen molar-refractivity contribution in [3.8, 4) is 5.75 Å². The first-order valence-corrected chi connectivity index (χ1v) is 8.48. The molecular formula is C19H23FN3O2+. The van der Waals surface area contributed by atoms with E-state index in [0.29, 0.717) is 5.69 Å². The molecule has 3 N–H and O–H groups in total. The van der Waals surface area contributed by atoms with E-state index in [2.05, 4.69) is 10.2 Å². The van der Waals surface area contributed by atoms with Crippen LogP contribution in [0.3, 0.4) is 0 Å². The fourth-order valence-corrected chi connectivity index (χ4v) is 3.12. The van der Waals surface area contributed by atoms with E-state index < -0.39 is 0 Å². The third-order valence-corrected chi connectivity index (χ3v) is 4.74. The van der Waals surface area contributed by atoms with Crippen molar-refractivity contribution in [2.45, 2.75) is 13.0 Å². The average Bonchev–Trinajstić information content (AvgIpc) is 2.64. The van der Waals surface area contributed by atoms with Crippen molar-refractivity contribution < 1.29 is 19.2 Å². The molecule has 0 spiro atoms. The first-order valence-electron chi connectivity index (χ1n) is 8.48. The third kappa shape index (κ3) is 4.28. The van der Waals surface area contributed by atoms with Gasteiger partial charge in [0.15, 0.2) is 6.04 Å². The lowest BCUT2D eigenvalue weighted by molar-refractivity contribution is -0.914. The normalized spacial score (nSPS) is 16.5. The molecule has 2 aromatic carbocycles. The SMILES string of the molecule is C[C@H](C(=O)Nc1ccc(F)cc1)[NH+]1CCN(c2ccc(O)cc2)CC1. The number of phenols is 1. The van der Waals surface area contributed by atoms with Crippen LogP contribution < -0.4 is 15.1 Å². The van der Waals surface area contributed by atoms with Crippen LogP contribution in [0.1, 0.15) is 6.92 Å². The summed E-state index contributed by atoms with van der Waals surface area (Å²) in [6.45, 7) is 5.35. The molecule has 25 heavy (non-hydrogen) atoms. The van der Waals surface area contributed by atoms with E-state index in [1.807, 2.05) is 19.1 Å². The molecule has 1 heterocycles. The first kappa shape index (κ1) is 17.2. The number of halogens is 1. The quantitative estimate of drug-likeness (QED) is 0.783. The molecule has 132 valence electrons. The monoisotopic (exact) mass is 344 g/mol. The number of hydrogen-bond donors (Lipinski definition) is 3. The van der Waals surface area contributed by atoms with Crippen LogP contribution in [0.25, 0.3) is 0 Å². The van der Waals surface area contributed by atoms with Gasteiger partial charge in [-0.15, -0.1) is 0 Å². The maximum absolute atomic E-state index is 12.9. The number of hydrogen-bond acceptors (Lipinski definition) is 3. The van der Waals surface area contributed by atoms with E-state index in [1.165, 1.54) is 17.0 Å². The van der Waals surface area contributed by atoms with Gasteiger partial charge in [0.2, 0.25) is 0 Å². The number of rotatable bonds is 4. The molecule has 0 radical (unpaired) electrons. The van der Waals surface area contributed by atoms with E-state index in [-0.39, 0.29) is 23.5 Å². The Kier molecular flexibility index (Phi) is 5.19. The van der Waals surface area contributed by atoms with E-state index >= 15 is 0 Å². The predicted octanol–water partition coefficient (Wildman–Crippen LogP) is 1.26. The maximum atomic E-state index is 12.9. The van der Waals surface area contributed by atoms with Crippen LogP contribution in [-0.2, 0) is 4.79 Å². The molecule has 0 aliphatic carbocycles. The highest BCUT2D eigenvalue weighted by Gasteiger charge is 2.29. The van der Waals surface area contributed by atoms with Crippen molar-refractivity contribution in [2.24, 2.45) is 0 Å². The summed E-state index contributed by atoms with van der Waals surface area (Å²) in [7, 11) is 0. The number of phenolic OH excluding ortho intramolecular Hbond substituents is 1. The Morgan fingerprint density at radius 1 is 1.12 bits per heavy atom. The summed E-state index contributed by atoms with van der Waals surface area (Å²) in [6, 6.07) is 12.8. The lowest BCUT2D eigenvalue weighted by Gasteiger charge is -2.36. The molecule has 6 heteroatoms. The summed E-state index contributed by atoms with van der Waals surface area (Å²) in [5, 5.41) is 12.2. The number of carbonyl (C=O) groups is 1. The lowest BCUT2D eigenvalue weighted by atomic mass is 10.2. The van der Waals surface area contributed by atoms with Gasteiger partial charge in [-0.1, -0.05) is 0 Å². The number of carbonyl (C=O) groups excluding carboxylic acids is 1. The van der Waals surface area contributed by atoms with Gasteiger partial charge in [-0.25, -0.2) is 4.39 Å². The molecule has 1 saturated heterocycles. The van der Waals surface area contributed by atoms with Crippen LogP contribution >= 0.6 is 0 Å². The Morgan fingerprint density at radius 2 is 1.72 bits per heavy atom. The second-order valence-corrected chi connectivity index (χ2v) is 6.38. The molecule has 1 amide bonds. The first-order chi connectivity index (χ1) is 12.0. The molecule has 0 aromatic heterocycles. The number of aromatic hydroxyl groups is 1. The van der Waals surface area contributed by atoms with Crippen LogP contribution in [0.2, 0.25) is 0 Å². The molecular weight excluding hydrogens is 321 g/mol. The molecule has 0 bridgehead atoms. The Hall–Kier alpha value is -2.60. The van der Waals surface area contributed by atoms with Gasteiger partial charge >= 0.3 is 0 Å². The Morgan fingerprint density at radius 3 is 2.32 bits per heavy atom. The average molecular weight is 344 g/mol. The van der Waals surface area contributed by atoms with Gasteiger partial charge in [-0.3, -0.25) is 4.79 Å². The molecule has 0 unspecified atom stereocenters. The molecule has 5 nitrogen and oxygen atoms in total. The molecule has 0 saturated carbocycles. The highest BCUT2D eigenvalue weighted by molar-refractivity contribution is 5.93. The standard InChI is InChI=1S/C19H22FN3O2/c1-14(19(25)21-16-4-2-15(20)3-5-16)22-10-12-23(13-11-22)17-6-8-18(24)9-7-17/h2-9,14,24H,10-13H2,1H3,(H,21,25)/p+1/t14-/m1/s1. The minimum atomic E-state index is -0.318. The van der Waals surface area contributed by atoms with Crippen LogP contribution in [0.4, 0.5) is 15.8 Å². The van der Waals surface area contributed by atoms with E-state index in [9.17, 15) is 14.3 Å². The molecule has 2 aromatic rings. The zero-order chi connectivity index (χ0) is 17.8. The van der Waals surface area contributed by atoms with E-state index in [0.717, 1.165) is 31.9 Å². The van der Waals surface area contributed by atoms with E-state index in [1.54, 1.807) is 24.3 Å². The Bertz CT molecular complexity index is 710. The van der Waals surface area contributed by atoms with Gasteiger partial charge in [-0.2, -0.15) is 0 Å². The number of benzene rings is 2. The summed E-state index contributed by atoms with van der Waals surface area (Å²) < 4.78 is 12.9. The predicted molar refractivity (Wildman–Crippen MR) is 95.5 cm³/mol. The van der Waals surface area contributed by atoms with Crippen molar-refractivity contribution in [1.82, 2.24) is 0 Å². The van der Waals surface area contributed by atoms with Crippen molar-refractivity contribution in [3.05, 3.63) is 54.3 Å². The minimum Gasteiger partial charge on any atom is -0.508 e. The minimum absolute atomic E-state index is 0.0558. The van der Waals surface area contributed by atoms with Crippen LogP contribution in [0.15, 0.2) is 48.5 Å². The van der Waals surface area contributed by atoms with Crippen LogP contribution in [0.5, 0.6) is 5.75 Å². The van der Waals surface area contributed by atoms with Gasteiger partial charge < -0.3 is 20.2 Å². The van der Waals surface area contributed by atoms with Crippen molar-refractivity contribution in [3.63, 3.8) is 0 Å². The summed E-state index contributed by atoms with van der Waals surface area (Å²) in [5.41, 5.74) is 1.70. The number of anilines is 2. The molecule has 1 aliphatic rings. The topological polar surface area (TPSA) is 57.0 Å². The van der Waals surface area contributed by atoms with Gasteiger partial charge in [0.25, 0.3) is 5.91 Å². The number of quaternary nitrogens is 1. The summed E-state index contributed by atoms with van der Waals surface area (Å²) >= 11 is 0. The second-order valence-electron chi connectivity index (χ2n) is 6.38. The number of amides is 1. The highest BCUT2D eigenvalue weighted by Crippen LogP contribution is 2.18. The number of piperazine rings is 1. The fourth-order valence-electron chi connectivity index (χ4n) is 3.12.